The molecule has 0 aliphatic rings. The molecule has 0 saturated heterocycles. The lowest BCUT2D eigenvalue weighted by Gasteiger charge is -2.29. The molecule has 0 fully saturated rings. The number of hydrogen-bond acceptors (Lipinski definition) is 3. The van der Waals surface area contributed by atoms with E-state index in [1.807, 2.05) is 11.8 Å². The molecule has 0 aromatic heterocycles. The molecule has 0 bridgehead atoms. The molecule has 3 heteroatoms. The Morgan fingerprint density at radius 3 is 1.20 bits per heavy atom. The fraction of sp³-hybridized carbons (Fsp3) is 0.684. The normalized spacial score (nSPS) is 12.3. The molecule has 2 aromatic rings. The monoisotopic (exact) mass is 582 g/mol. The second kappa shape index (κ2) is 17.5. The van der Waals surface area contributed by atoms with Crippen LogP contribution in [0.5, 0.6) is 11.5 Å². The van der Waals surface area contributed by atoms with Crippen LogP contribution in [0.1, 0.15) is 168 Å². The first-order valence-electron chi connectivity index (χ1n) is 16.9. The van der Waals surface area contributed by atoms with Crippen molar-refractivity contribution in [1.82, 2.24) is 0 Å². The molecule has 2 nitrogen and oxygen atoms in total. The Kier molecular flexibility index (Phi) is 15.2. The van der Waals surface area contributed by atoms with E-state index in [2.05, 4.69) is 79.7 Å². The molecule has 41 heavy (non-hydrogen) atoms. The van der Waals surface area contributed by atoms with Gasteiger partial charge in [0.15, 0.2) is 0 Å². The van der Waals surface area contributed by atoms with Crippen molar-refractivity contribution in [3.8, 4) is 11.5 Å². The van der Waals surface area contributed by atoms with Crippen LogP contribution >= 0.6 is 11.8 Å². The summed E-state index contributed by atoms with van der Waals surface area (Å²) in [4.78, 5) is 2.55. The maximum absolute atomic E-state index is 11.3. The van der Waals surface area contributed by atoms with E-state index in [1.54, 1.807) is 0 Å². The van der Waals surface area contributed by atoms with Crippen molar-refractivity contribution in [3.63, 3.8) is 0 Å². The molecule has 2 N–H and O–H groups in total. The van der Waals surface area contributed by atoms with Crippen LogP contribution in [0.4, 0.5) is 0 Å². The first kappa shape index (κ1) is 35.6. The third-order valence-electron chi connectivity index (χ3n) is 8.95. The predicted octanol–water partition coefficient (Wildman–Crippen LogP) is 12.4. The summed E-state index contributed by atoms with van der Waals surface area (Å²) >= 11 is 1.87. The zero-order chi connectivity index (χ0) is 30.5. The van der Waals surface area contributed by atoms with Gasteiger partial charge in [-0.25, -0.2) is 0 Å². The highest BCUT2D eigenvalue weighted by molar-refractivity contribution is 7.99. The molecule has 0 saturated carbocycles. The Morgan fingerprint density at radius 1 is 0.512 bits per heavy atom. The maximum Gasteiger partial charge on any atom is 0.119 e. The first-order valence-corrected chi connectivity index (χ1v) is 17.7. The van der Waals surface area contributed by atoms with Gasteiger partial charge in [-0.05, 0) is 84.7 Å². The molecule has 0 spiro atoms. The van der Waals surface area contributed by atoms with Crippen LogP contribution in [-0.4, -0.2) is 10.2 Å². The molecule has 0 radical (unpaired) electrons. The Hall–Kier alpha value is -1.61. The van der Waals surface area contributed by atoms with Crippen molar-refractivity contribution < 1.29 is 10.2 Å². The van der Waals surface area contributed by atoms with Crippen LogP contribution in [0.25, 0.3) is 0 Å². The molecular weight excluding hydrogens is 520 g/mol. The SMILES string of the molecule is CCCCCc1cc(O)c(C(C)(C)CCCCC)cc1Sc1cc(C(C)(C)CCCCC)c(O)cc1CCCCC. The van der Waals surface area contributed by atoms with Crippen LogP contribution in [0.15, 0.2) is 34.1 Å². The van der Waals surface area contributed by atoms with Gasteiger partial charge in [0, 0.05) is 20.9 Å². The van der Waals surface area contributed by atoms with E-state index >= 15 is 0 Å². The lowest BCUT2D eigenvalue weighted by atomic mass is 9.79. The van der Waals surface area contributed by atoms with E-state index in [-0.39, 0.29) is 10.8 Å². The minimum Gasteiger partial charge on any atom is -0.508 e. The summed E-state index contributed by atoms with van der Waals surface area (Å²) in [6, 6.07) is 8.76. The van der Waals surface area contributed by atoms with Crippen LogP contribution in [0.2, 0.25) is 0 Å². The van der Waals surface area contributed by atoms with Gasteiger partial charge in [0.05, 0.1) is 0 Å². The first-order chi connectivity index (χ1) is 19.5. The number of aryl methyl sites for hydroxylation is 2. The molecular formula is C38H62O2S. The highest BCUT2D eigenvalue weighted by Gasteiger charge is 2.28. The number of phenolic OH excluding ortho intramolecular Hbond substituents is 2. The lowest BCUT2D eigenvalue weighted by molar-refractivity contribution is 0.406. The fourth-order valence-corrected chi connectivity index (χ4v) is 7.22. The van der Waals surface area contributed by atoms with E-state index in [4.69, 9.17) is 0 Å². The van der Waals surface area contributed by atoms with Gasteiger partial charge < -0.3 is 10.2 Å². The smallest absolute Gasteiger partial charge is 0.119 e. The zero-order valence-corrected chi connectivity index (χ0v) is 28.7. The van der Waals surface area contributed by atoms with E-state index in [0.29, 0.717) is 11.5 Å². The summed E-state index contributed by atoms with van der Waals surface area (Å²) < 4.78 is 0. The highest BCUT2D eigenvalue weighted by Crippen LogP contribution is 2.45. The summed E-state index contributed by atoms with van der Waals surface area (Å²) in [6.07, 6.45) is 18.4. The summed E-state index contributed by atoms with van der Waals surface area (Å²) in [6.45, 7) is 18.1. The van der Waals surface area contributed by atoms with Crippen molar-refractivity contribution >= 4 is 11.8 Å². The number of unbranched alkanes of at least 4 members (excludes halogenated alkanes) is 8. The van der Waals surface area contributed by atoms with Gasteiger partial charge in [0.2, 0.25) is 0 Å². The van der Waals surface area contributed by atoms with Gasteiger partial charge in [-0.15, -0.1) is 0 Å². The van der Waals surface area contributed by atoms with Crippen LogP contribution < -0.4 is 0 Å². The van der Waals surface area contributed by atoms with Gasteiger partial charge in [0.25, 0.3) is 0 Å². The molecule has 0 atom stereocenters. The van der Waals surface area contributed by atoms with E-state index in [1.165, 1.54) is 85.1 Å². The average molecular weight is 583 g/mol. The summed E-state index contributed by atoms with van der Waals surface area (Å²) in [5.74, 6) is 0.905. The largest absolute Gasteiger partial charge is 0.508 e. The second-order valence-electron chi connectivity index (χ2n) is 13.7. The molecule has 0 heterocycles. The number of hydrogen-bond donors (Lipinski definition) is 2. The standard InChI is InChI=1S/C38H62O2S/c1-9-13-17-21-29-25-33(39)31(37(5,6)23-19-15-11-3)27-35(29)41-36-28-32(38(7,8)24-20-16-12-4)34(40)26-30(36)22-18-14-10-2/h25-28,39-40H,9-24H2,1-8H3. The molecule has 2 aromatic carbocycles. The topological polar surface area (TPSA) is 40.5 Å². The Balaban J connectivity index is 2.61. The molecule has 0 aliphatic carbocycles. The Labute approximate surface area is 258 Å². The van der Waals surface area contributed by atoms with Crippen molar-refractivity contribution in [1.29, 1.82) is 0 Å². The molecule has 232 valence electrons. The highest BCUT2D eigenvalue weighted by atomic mass is 32.2. The van der Waals surface area contributed by atoms with Crippen molar-refractivity contribution in [2.45, 2.75) is 179 Å². The van der Waals surface area contributed by atoms with Crippen molar-refractivity contribution in [3.05, 3.63) is 46.5 Å². The Bertz CT molecular complexity index is 969. The Morgan fingerprint density at radius 2 is 0.854 bits per heavy atom. The van der Waals surface area contributed by atoms with E-state index in [9.17, 15) is 10.2 Å². The van der Waals surface area contributed by atoms with E-state index in [0.717, 1.165) is 49.7 Å². The lowest BCUT2D eigenvalue weighted by Crippen LogP contribution is -2.18. The molecule has 0 aliphatic heterocycles. The summed E-state index contributed by atoms with van der Waals surface area (Å²) in [5, 5.41) is 22.6. The molecule has 2 rings (SSSR count). The molecule has 0 unspecified atom stereocenters. The van der Waals surface area contributed by atoms with Crippen molar-refractivity contribution in [2.24, 2.45) is 0 Å². The van der Waals surface area contributed by atoms with Crippen LogP contribution in [0, 0.1) is 0 Å². The number of aromatic hydroxyl groups is 2. The van der Waals surface area contributed by atoms with Crippen molar-refractivity contribution in [2.75, 3.05) is 0 Å². The van der Waals surface area contributed by atoms with Crippen LogP contribution in [-0.2, 0) is 23.7 Å². The number of phenols is 2. The quantitative estimate of drug-likeness (QED) is 0.153. The minimum absolute atomic E-state index is 0.0815. The third kappa shape index (κ3) is 10.9. The van der Waals surface area contributed by atoms with Gasteiger partial charge in [-0.2, -0.15) is 0 Å². The summed E-state index contributed by atoms with van der Waals surface area (Å²) in [5.41, 5.74) is 4.49. The average Bonchev–Trinajstić information content (AvgIpc) is 2.91. The number of rotatable bonds is 20. The zero-order valence-electron chi connectivity index (χ0n) is 27.9. The minimum atomic E-state index is -0.0815. The van der Waals surface area contributed by atoms with E-state index < -0.39 is 0 Å². The molecule has 0 amide bonds. The van der Waals surface area contributed by atoms with Crippen LogP contribution in [0.3, 0.4) is 0 Å². The third-order valence-corrected chi connectivity index (χ3v) is 10.1. The predicted molar refractivity (Wildman–Crippen MR) is 181 cm³/mol. The summed E-state index contributed by atoms with van der Waals surface area (Å²) in [7, 11) is 0. The van der Waals surface area contributed by atoms with Gasteiger partial charge in [0.1, 0.15) is 11.5 Å². The fourth-order valence-electron chi connectivity index (χ4n) is 6.04. The van der Waals surface area contributed by atoms with Gasteiger partial charge in [-0.1, -0.05) is 131 Å². The second-order valence-corrected chi connectivity index (χ2v) is 14.7. The van der Waals surface area contributed by atoms with Gasteiger partial charge in [-0.3, -0.25) is 0 Å². The maximum atomic E-state index is 11.3. The number of benzene rings is 2. The van der Waals surface area contributed by atoms with Gasteiger partial charge >= 0.3 is 0 Å².